The Hall–Kier alpha value is -1.55. The fourth-order valence-electron chi connectivity index (χ4n) is 2.56. The molecule has 4 heteroatoms. The Labute approximate surface area is 107 Å². The molecule has 2 heterocycles. The zero-order valence-corrected chi connectivity index (χ0v) is 10.8. The first-order chi connectivity index (χ1) is 8.59. The van der Waals surface area contributed by atoms with E-state index < -0.39 is 0 Å². The molecule has 1 atom stereocenters. The van der Waals surface area contributed by atoms with Crippen LogP contribution in [0.25, 0.3) is 0 Å². The smallest absolute Gasteiger partial charge is 0.145 e. The molecule has 0 amide bonds. The van der Waals surface area contributed by atoms with Crippen LogP contribution in [-0.4, -0.2) is 24.0 Å². The van der Waals surface area contributed by atoms with E-state index in [9.17, 15) is 0 Å². The van der Waals surface area contributed by atoms with Crippen LogP contribution in [0.2, 0.25) is 0 Å². The van der Waals surface area contributed by atoms with E-state index in [-0.39, 0.29) is 11.7 Å². The maximum Gasteiger partial charge on any atom is 0.145 e. The zero-order chi connectivity index (χ0) is 12.8. The third-order valence-electron chi connectivity index (χ3n) is 3.40. The molecule has 3 rings (SSSR count). The molecule has 0 fully saturated rings. The summed E-state index contributed by atoms with van der Waals surface area (Å²) in [6, 6.07) is 6.21. The van der Waals surface area contributed by atoms with E-state index in [0.717, 1.165) is 29.9 Å². The maximum atomic E-state index is 6.04. The maximum absolute atomic E-state index is 6.04. The lowest BCUT2D eigenvalue weighted by molar-refractivity contribution is 0.0918. The minimum Gasteiger partial charge on any atom is -0.487 e. The van der Waals surface area contributed by atoms with Gasteiger partial charge in [-0.2, -0.15) is 0 Å². The summed E-state index contributed by atoms with van der Waals surface area (Å²) in [7, 11) is 0. The van der Waals surface area contributed by atoms with E-state index >= 15 is 0 Å². The molecule has 1 aromatic carbocycles. The number of nitrogens with two attached hydrogens (primary N) is 1. The molecule has 0 aliphatic carbocycles. The molecule has 4 nitrogen and oxygen atoms in total. The molecule has 0 saturated carbocycles. The topological polar surface area (TPSA) is 56.8 Å². The second-order valence-electron chi connectivity index (χ2n) is 5.54. The van der Waals surface area contributed by atoms with Crippen molar-refractivity contribution >= 4 is 5.71 Å². The lowest BCUT2D eigenvalue weighted by Crippen LogP contribution is -2.25. The number of para-hydroxylation sites is 1. The number of hydrogen-bond acceptors (Lipinski definition) is 4. The van der Waals surface area contributed by atoms with Crippen molar-refractivity contribution in [2.45, 2.75) is 38.4 Å². The summed E-state index contributed by atoms with van der Waals surface area (Å²) in [5.41, 5.74) is 8.71. The molecule has 18 heavy (non-hydrogen) atoms. The Kier molecular flexibility index (Phi) is 2.55. The summed E-state index contributed by atoms with van der Waals surface area (Å²) in [5, 5.41) is 4.14. The van der Waals surface area contributed by atoms with Crippen molar-refractivity contribution in [2.75, 3.05) is 6.54 Å². The second-order valence-corrected chi connectivity index (χ2v) is 5.54. The first kappa shape index (κ1) is 11.5. The fraction of sp³-hybridized carbons (Fsp3) is 0.500. The Morgan fingerprint density at radius 3 is 3.00 bits per heavy atom. The van der Waals surface area contributed by atoms with Gasteiger partial charge in [-0.1, -0.05) is 17.3 Å². The van der Waals surface area contributed by atoms with Crippen LogP contribution in [0.5, 0.6) is 5.75 Å². The zero-order valence-electron chi connectivity index (χ0n) is 10.8. The number of rotatable bonds is 2. The molecule has 0 aromatic heterocycles. The van der Waals surface area contributed by atoms with Gasteiger partial charge in [0.15, 0.2) is 0 Å². The van der Waals surface area contributed by atoms with E-state index in [1.807, 2.05) is 6.07 Å². The summed E-state index contributed by atoms with van der Waals surface area (Å²) in [4.78, 5) is 5.29. The molecular weight excluding hydrogens is 228 g/mol. The monoisotopic (exact) mass is 246 g/mol. The van der Waals surface area contributed by atoms with Crippen molar-refractivity contribution in [1.82, 2.24) is 0 Å². The molecule has 0 bridgehead atoms. The molecule has 2 N–H and O–H groups in total. The normalized spacial score (nSPS) is 24.2. The van der Waals surface area contributed by atoms with E-state index in [1.165, 1.54) is 5.56 Å². The van der Waals surface area contributed by atoms with Crippen LogP contribution in [0.1, 0.15) is 31.4 Å². The molecule has 96 valence electrons. The van der Waals surface area contributed by atoms with Gasteiger partial charge in [-0.25, -0.2) is 0 Å². The SMILES string of the molecule is CC1(C)Cc2cccc(C3=NOC(CN)C3)c2O1. The number of hydrogen-bond donors (Lipinski definition) is 1. The predicted octanol–water partition coefficient (Wildman–Crippen LogP) is 1.85. The van der Waals surface area contributed by atoms with Gasteiger partial charge in [-0.05, 0) is 25.5 Å². The highest BCUT2D eigenvalue weighted by Gasteiger charge is 2.34. The van der Waals surface area contributed by atoms with Crippen molar-refractivity contribution in [3.63, 3.8) is 0 Å². The van der Waals surface area contributed by atoms with Crippen LogP contribution < -0.4 is 10.5 Å². The third kappa shape index (κ3) is 1.86. The summed E-state index contributed by atoms with van der Waals surface area (Å²) < 4.78 is 6.04. The van der Waals surface area contributed by atoms with E-state index in [4.69, 9.17) is 15.3 Å². The van der Waals surface area contributed by atoms with Gasteiger partial charge in [0.2, 0.25) is 0 Å². The summed E-state index contributed by atoms with van der Waals surface area (Å²) in [6.07, 6.45) is 1.70. The molecule has 2 aliphatic heterocycles. The van der Waals surface area contributed by atoms with Crippen molar-refractivity contribution in [3.05, 3.63) is 29.3 Å². The molecule has 0 saturated heterocycles. The lowest BCUT2D eigenvalue weighted by atomic mass is 9.98. The number of nitrogens with zero attached hydrogens (tertiary/aromatic N) is 1. The standard InChI is InChI=1S/C14H18N2O2/c1-14(2)7-9-4-3-5-11(13(9)17-14)12-6-10(8-15)18-16-12/h3-5,10H,6-8,15H2,1-2H3. The quantitative estimate of drug-likeness (QED) is 0.866. The largest absolute Gasteiger partial charge is 0.487 e. The predicted molar refractivity (Wildman–Crippen MR) is 69.9 cm³/mol. The summed E-state index contributed by atoms with van der Waals surface area (Å²) >= 11 is 0. The lowest BCUT2D eigenvalue weighted by Gasteiger charge is -2.18. The number of oxime groups is 1. The first-order valence-corrected chi connectivity index (χ1v) is 6.33. The number of benzene rings is 1. The molecule has 0 spiro atoms. The van der Waals surface area contributed by atoms with E-state index in [2.05, 4.69) is 31.1 Å². The Morgan fingerprint density at radius 2 is 2.28 bits per heavy atom. The number of ether oxygens (including phenoxy) is 1. The highest BCUT2D eigenvalue weighted by Crippen LogP contribution is 2.38. The van der Waals surface area contributed by atoms with Crippen molar-refractivity contribution in [3.8, 4) is 5.75 Å². The van der Waals surface area contributed by atoms with Gasteiger partial charge in [0.05, 0.1) is 5.71 Å². The number of fused-ring (bicyclic) bond motifs is 1. The highest BCUT2D eigenvalue weighted by atomic mass is 16.6. The minimum atomic E-state index is -0.133. The van der Waals surface area contributed by atoms with Gasteiger partial charge < -0.3 is 15.3 Å². The Bertz CT molecular complexity index is 509. The molecule has 2 aliphatic rings. The van der Waals surface area contributed by atoms with E-state index in [0.29, 0.717) is 6.54 Å². The molecule has 1 aromatic rings. The van der Waals surface area contributed by atoms with E-state index in [1.54, 1.807) is 0 Å². The highest BCUT2D eigenvalue weighted by molar-refractivity contribution is 6.04. The minimum absolute atomic E-state index is 0.00488. The molecule has 1 unspecified atom stereocenters. The van der Waals surface area contributed by atoms with Gasteiger partial charge in [0.1, 0.15) is 17.5 Å². The van der Waals surface area contributed by atoms with Crippen LogP contribution in [0.3, 0.4) is 0 Å². The van der Waals surface area contributed by atoms with Gasteiger partial charge in [0.25, 0.3) is 0 Å². The van der Waals surface area contributed by atoms with Gasteiger partial charge >= 0.3 is 0 Å². The fourth-order valence-corrected chi connectivity index (χ4v) is 2.56. The van der Waals surface area contributed by atoms with Crippen LogP contribution in [-0.2, 0) is 11.3 Å². The van der Waals surface area contributed by atoms with Crippen molar-refractivity contribution < 1.29 is 9.57 Å². The third-order valence-corrected chi connectivity index (χ3v) is 3.40. The Morgan fingerprint density at radius 1 is 1.44 bits per heavy atom. The average Bonchev–Trinajstić information content (AvgIpc) is 2.89. The average molecular weight is 246 g/mol. The van der Waals surface area contributed by atoms with Crippen LogP contribution >= 0.6 is 0 Å². The second kappa shape index (κ2) is 3.99. The Balaban J connectivity index is 1.94. The summed E-state index contributed by atoms with van der Waals surface area (Å²) in [5.74, 6) is 0.961. The molecular formula is C14H18N2O2. The van der Waals surface area contributed by atoms with Crippen LogP contribution in [0.4, 0.5) is 0 Å². The van der Waals surface area contributed by atoms with Crippen molar-refractivity contribution in [2.24, 2.45) is 10.9 Å². The van der Waals surface area contributed by atoms with Crippen LogP contribution in [0.15, 0.2) is 23.4 Å². The summed E-state index contributed by atoms with van der Waals surface area (Å²) in [6.45, 7) is 4.70. The molecule has 0 radical (unpaired) electrons. The van der Waals surface area contributed by atoms with Gasteiger partial charge in [0, 0.05) is 24.9 Å². The first-order valence-electron chi connectivity index (χ1n) is 6.33. The van der Waals surface area contributed by atoms with Gasteiger partial charge in [-0.15, -0.1) is 0 Å². The van der Waals surface area contributed by atoms with Crippen LogP contribution in [0, 0.1) is 0 Å². The van der Waals surface area contributed by atoms with Crippen molar-refractivity contribution in [1.29, 1.82) is 0 Å². The van der Waals surface area contributed by atoms with Gasteiger partial charge in [-0.3, -0.25) is 0 Å².